The van der Waals surface area contributed by atoms with Crippen molar-refractivity contribution in [2.24, 2.45) is 5.92 Å². The highest BCUT2D eigenvalue weighted by Crippen LogP contribution is 2.34. The summed E-state index contributed by atoms with van der Waals surface area (Å²) in [5.74, 6) is 0.575. The van der Waals surface area contributed by atoms with Gasteiger partial charge in [0.15, 0.2) is 11.5 Å². The summed E-state index contributed by atoms with van der Waals surface area (Å²) in [6.45, 7) is 4.84. The van der Waals surface area contributed by atoms with Crippen LogP contribution < -0.4 is 14.8 Å². The Morgan fingerprint density at radius 3 is 2.50 bits per heavy atom. The number of ether oxygens (including phenoxy) is 2. The summed E-state index contributed by atoms with van der Waals surface area (Å²) in [6, 6.07) is 4.44. The van der Waals surface area contributed by atoms with E-state index in [0.29, 0.717) is 29.5 Å². The number of hydrogen-bond acceptors (Lipinski definition) is 4. The number of carbonyl (C=O) groups is 1. The summed E-state index contributed by atoms with van der Waals surface area (Å²) in [4.78, 5) is 11.5. The van der Waals surface area contributed by atoms with Gasteiger partial charge in [0.05, 0.1) is 14.2 Å². The van der Waals surface area contributed by atoms with Crippen LogP contribution in [0.1, 0.15) is 31.9 Å². The summed E-state index contributed by atoms with van der Waals surface area (Å²) in [5.41, 5.74) is 0.572. The highest BCUT2D eigenvalue weighted by atomic mass is 16.5. The largest absolute Gasteiger partial charge is 0.493 e. The number of nitrogens with one attached hydrogen (secondary N) is 1. The molecule has 0 aliphatic rings. The molecule has 0 saturated carbocycles. The van der Waals surface area contributed by atoms with Gasteiger partial charge in [-0.3, -0.25) is 4.79 Å². The van der Waals surface area contributed by atoms with Gasteiger partial charge in [-0.15, -0.1) is 0 Å². The molecule has 1 unspecified atom stereocenters. The van der Waals surface area contributed by atoms with Crippen LogP contribution in [0, 0.1) is 5.92 Å². The Hall–Kier alpha value is -1.75. The van der Waals surface area contributed by atoms with E-state index in [-0.39, 0.29) is 0 Å². The van der Waals surface area contributed by atoms with Crippen molar-refractivity contribution in [3.05, 3.63) is 23.8 Å². The molecule has 1 aromatic carbocycles. The molecule has 112 valence electrons. The predicted octanol–water partition coefficient (Wildman–Crippen LogP) is 2.47. The molecular formula is C15H23NO4. The zero-order valence-electron chi connectivity index (χ0n) is 12.5. The van der Waals surface area contributed by atoms with Gasteiger partial charge in [-0.2, -0.15) is 0 Å². The number of benzene rings is 1. The van der Waals surface area contributed by atoms with Gasteiger partial charge in [-0.05, 0) is 24.9 Å². The predicted molar refractivity (Wildman–Crippen MR) is 77.4 cm³/mol. The van der Waals surface area contributed by atoms with Gasteiger partial charge in [-0.1, -0.05) is 26.0 Å². The summed E-state index contributed by atoms with van der Waals surface area (Å²) in [6.07, 6.45) is 0.913. The van der Waals surface area contributed by atoms with E-state index >= 15 is 0 Å². The topological polar surface area (TPSA) is 67.8 Å². The van der Waals surface area contributed by atoms with Crippen LogP contribution in [0.15, 0.2) is 18.2 Å². The molecule has 0 aromatic heterocycles. The molecule has 20 heavy (non-hydrogen) atoms. The number of carboxylic acid groups (broad SMARTS) is 1. The first kappa shape index (κ1) is 16.3. The second kappa shape index (κ2) is 7.75. The lowest BCUT2D eigenvalue weighted by atomic mass is 10.0. The van der Waals surface area contributed by atoms with Gasteiger partial charge in [0.1, 0.15) is 6.04 Å². The molecule has 0 aliphatic carbocycles. The Morgan fingerprint density at radius 2 is 2.00 bits per heavy atom. The Morgan fingerprint density at radius 1 is 1.30 bits per heavy atom. The number of aliphatic carboxylic acids is 1. The van der Waals surface area contributed by atoms with E-state index < -0.39 is 12.0 Å². The first-order valence-corrected chi connectivity index (χ1v) is 6.68. The minimum atomic E-state index is -0.930. The average Bonchev–Trinajstić information content (AvgIpc) is 2.42. The van der Waals surface area contributed by atoms with Crippen LogP contribution in [0.4, 0.5) is 0 Å². The molecule has 0 fully saturated rings. The van der Waals surface area contributed by atoms with Crippen molar-refractivity contribution in [2.45, 2.75) is 26.3 Å². The van der Waals surface area contributed by atoms with Gasteiger partial charge in [0.25, 0.3) is 0 Å². The lowest BCUT2D eigenvalue weighted by Crippen LogP contribution is -2.30. The molecule has 2 N–H and O–H groups in total. The maximum atomic E-state index is 11.5. The minimum absolute atomic E-state index is 0.458. The van der Waals surface area contributed by atoms with Crippen LogP contribution in [-0.2, 0) is 4.79 Å². The molecule has 0 spiro atoms. The smallest absolute Gasteiger partial charge is 0.325 e. The van der Waals surface area contributed by atoms with E-state index in [0.717, 1.165) is 6.42 Å². The Kier molecular flexibility index (Phi) is 6.31. The minimum Gasteiger partial charge on any atom is -0.493 e. The van der Waals surface area contributed by atoms with Crippen molar-refractivity contribution < 1.29 is 19.4 Å². The second-order valence-electron chi connectivity index (χ2n) is 4.99. The fourth-order valence-electron chi connectivity index (χ4n) is 1.99. The number of para-hydroxylation sites is 1. The zero-order valence-corrected chi connectivity index (χ0v) is 12.5. The van der Waals surface area contributed by atoms with E-state index in [2.05, 4.69) is 19.2 Å². The molecule has 0 bridgehead atoms. The van der Waals surface area contributed by atoms with E-state index in [9.17, 15) is 9.90 Å². The maximum absolute atomic E-state index is 11.5. The highest BCUT2D eigenvalue weighted by molar-refractivity contribution is 5.77. The number of hydrogen-bond donors (Lipinski definition) is 2. The monoisotopic (exact) mass is 281 g/mol. The van der Waals surface area contributed by atoms with Crippen molar-refractivity contribution in [3.63, 3.8) is 0 Å². The summed E-state index contributed by atoms with van der Waals surface area (Å²) < 4.78 is 10.5. The van der Waals surface area contributed by atoms with Gasteiger partial charge < -0.3 is 19.9 Å². The Labute approximate surface area is 119 Å². The van der Waals surface area contributed by atoms with Crippen molar-refractivity contribution in [1.29, 1.82) is 0 Å². The van der Waals surface area contributed by atoms with Gasteiger partial charge in [0.2, 0.25) is 0 Å². The maximum Gasteiger partial charge on any atom is 0.325 e. The fourth-order valence-corrected chi connectivity index (χ4v) is 1.99. The number of rotatable bonds is 8. The zero-order chi connectivity index (χ0) is 15.1. The molecule has 0 amide bonds. The third-order valence-corrected chi connectivity index (χ3v) is 3.06. The number of methoxy groups -OCH3 is 2. The number of carboxylic acids is 1. The molecule has 1 rings (SSSR count). The first-order chi connectivity index (χ1) is 9.51. The molecule has 0 saturated heterocycles. The van der Waals surface area contributed by atoms with E-state index in [1.54, 1.807) is 18.2 Å². The third-order valence-electron chi connectivity index (χ3n) is 3.06. The van der Waals surface area contributed by atoms with Crippen molar-refractivity contribution in [3.8, 4) is 11.5 Å². The fraction of sp³-hybridized carbons (Fsp3) is 0.533. The van der Waals surface area contributed by atoms with Gasteiger partial charge >= 0.3 is 5.97 Å². The molecular weight excluding hydrogens is 258 g/mol. The van der Waals surface area contributed by atoms with E-state index in [1.807, 2.05) is 0 Å². The SMILES string of the molecule is COc1cccc(C(NCCC(C)C)C(=O)O)c1OC. The quantitative estimate of drug-likeness (QED) is 0.766. The van der Waals surface area contributed by atoms with Crippen LogP contribution in [-0.4, -0.2) is 31.8 Å². The molecule has 0 aliphatic heterocycles. The molecule has 1 aromatic rings. The van der Waals surface area contributed by atoms with Gasteiger partial charge in [-0.25, -0.2) is 0 Å². The highest BCUT2D eigenvalue weighted by Gasteiger charge is 2.24. The standard InChI is InChI=1S/C15H23NO4/c1-10(2)8-9-16-13(15(17)18)11-6-5-7-12(19-3)14(11)20-4/h5-7,10,13,16H,8-9H2,1-4H3,(H,17,18). The van der Waals surface area contributed by atoms with Crippen molar-refractivity contribution >= 4 is 5.97 Å². The van der Waals surface area contributed by atoms with Gasteiger partial charge in [0, 0.05) is 5.56 Å². The first-order valence-electron chi connectivity index (χ1n) is 6.68. The van der Waals surface area contributed by atoms with Crippen LogP contribution in [0.2, 0.25) is 0 Å². The lowest BCUT2D eigenvalue weighted by Gasteiger charge is -2.19. The van der Waals surface area contributed by atoms with Crippen molar-refractivity contribution in [1.82, 2.24) is 5.32 Å². The molecule has 1 atom stereocenters. The summed E-state index contributed by atoms with van der Waals surface area (Å²) in [7, 11) is 3.04. The Balaban J connectivity index is 2.99. The van der Waals surface area contributed by atoms with Crippen molar-refractivity contribution in [2.75, 3.05) is 20.8 Å². The summed E-state index contributed by atoms with van der Waals surface area (Å²) in [5, 5.41) is 12.5. The van der Waals surface area contributed by atoms with E-state index in [1.165, 1.54) is 14.2 Å². The van der Waals surface area contributed by atoms with Crippen LogP contribution in [0.3, 0.4) is 0 Å². The van der Waals surface area contributed by atoms with Crippen LogP contribution in [0.5, 0.6) is 11.5 Å². The second-order valence-corrected chi connectivity index (χ2v) is 4.99. The average molecular weight is 281 g/mol. The molecule has 5 nitrogen and oxygen atoms in total. The molecule has 0 radical (unpaired) electrons. The normalized spacial score (nSPS) is 12.2. The van der Waals surface area contributed by atoms with E-state index in [4.69, 9.17) is 9.47 Å². The lowest BCUT2D eigenvalue weighted by molar-refractivity contribution is -0.139. The molecule has 5 heteroatoms. The Bertz CT molecular complexity index is 445. The van der Waals surface area contributed by atoms with Crippen LogP contribution in [0.25, 0.3) is 0 Å². The summed E-state index contributed by atoms with van der Waals surface area (Å²) >= 11 is 0. The third kappa shape index (κ3) is 4.13. The molecule has 0 heterocycles. The van der Waals surface area contributed by atoms with Crippen LogP contribution >= 0.6 is 0 Å².